The molecule has 1 heterocycles. The third-order valence-electron chi connectivity index (χ3n) is 6.90. The molecule has 37 heavy (non-hydrogen) atoms. The first kappa shape index (κ1) is 24.5. The maximum Gasteiger partial charge on any atom is 0.225 e. The molecule has 2 atom stereocenters. The molecule has 0 N–H and O–H groups in total. The van der Waals surface area contributed by atoms with E-state index in [-0.39, 0.29) is 24.7 Å². The molecule has 4 nitrogen and oxygen atoms in total. The Morgan fingerprint density at radius 3 is 1.68 bits per heavy atom. The summed E-state index contributed by atoms with van der Waals surface area (Å²) in [6, 6.07) is 40.5. The fourth-order valence-corrected chi connectivity index (χ4v) is 5.06. The standard InChI is InChI=1S/C33H31NO3/c1-2-23-34-30(24-32(34)35)31(37-29-21-13-6-14-22-29)25-36-33(26-15-7-3-8-16-26,27-17-9-4-10-18-27)28-19-11-5-12-20-28/h2-22,30-31H,1,23-25H2/t30-,31-/m0/s1. The number of carbonyl (C=O) groups is 1. The summed E-state index contributed by atoms with van der Waals surface area (Å²) >= 11 is 0. The molecule has 186 valence electrons. The molecular weight excluding hydrogens is 458 g/mol. The van der Waals surface area contributed by atoms with Crippen LogP contribution in [0.15, 0.2) is 134 Å². The van der Waals surface area contributed by atoms with Crippen molar-refractivity contribution in [3.63, 3.8) is 0 Å². The Labute approximate surface area is 218 Å². The SMILES string of the molecule is C=CCN1C(=O)C[C@H]1[C@H](COC(c1ccccc1)(c1ccccc1)c1ccccc1)Oc1ccccc1. The summed E-state index contributed by atoms with van der Waals surface area (Å²) < 4.78 is 13.5. The van der Waals surface area contributed by atoms with Crippen molar-refractivity contribution in [2.24, 2.45) is 0 Å². The van der Waals surface area contributed by atoms with Crippen molar-refractivity contribution in [1.82, 2.24) is 4.90 Å². The number of carbonyl (C=O) groups excluding carboxylic acids is 1. The minimum absolute atomic E-state index is 0.104. The van der Waals surface area contributed by atoms with Gasteiger partial charge in [0.05, 0.1) is 19.1 Å². The molecule has 0 saturated carbocycles. The lowest BCUT2D eigenvalue weighted by molar-refractivity contribution is -0.153. The van der Waals surface area contributed by atoms with E-state index in [1.54, 1.807) is 6.08 Å². The average Bonchev–Trinajstić information content (AvgIpc) is 2.96. The minimum atomic E-state index is -0.862. The van der Waals surface area contributed by atoms with E-state index in [9.17, 15) is 4.79 Å². The van der Waals surface area contributed by atoms with Crippen molar-refractivity contribution in [3.05, 3.63) is 151 Å². The highest BCUT2D eigenvalue weighted by Crippen LogP contribution is 2.41. The number of amides is 1. The third-order valence-corrected chi connectivity index (χ3v) is 6.90. The molecule has 1 saturated heterocycles. The van der Waals surface area contributed by atoms with Gasteiger partial charge in [-0.2, -0.15) is 0 Å². The van der Waals surface area contributed by atoms with Crippen LogP contribution in [0.2, 0.25) is 0 Å². The van der Waals surface area contributed by atoms with Crippen LogP contribution in [-0.2, 0) is 15.1 Å². The number of likely N-dealkylation sites (tertiary alicyclic amines) is 1. The number of rotatable bonds is 11. The largest absolute Gasteiger partial charge is 0.486 e. The van der Waals surface area contributed by atoms with Crippen molar-refractivity contribution in [2.75, 3.05) is 13.2 Å². The zero-order valence-electron chi connectivity index (χ0n) is 20.8. The monoisotopic (exact) mass is 489 g/mol. The Morgan fingerprint density at radius 1 is 0.784 bits per heavy atom. The number of β-lactam (4-membered cyclic amide) rings is 1. The molecule has 1 amide bonds. The van der Waals surface area contributed by atoms with Gasteiger partial charge in [0.15, 0.2) is 0 Å². The third kappa shape index (κ3) is 5.07. The van der Waals surface area contributed by atoms with Crippen LogP contribution in [0.5, 0.6) is 5.75 Å². The number of ether oxygens (including phenoxy) is 2. The molecule has 4 aromatic carbocycles. The summed E-state index contributed by atoms with van der Waals surface area (Å²) in [5.41, 5.74) is 2.22. The molecule has 0 spiro atoms. The maximum absolute atomic E-state index is 12.4. The van der Waals surface area contributed by atoms with Gasteiger partial charge in [0.2, 0.25) is 5.91 Å². The number of hydrogen-bond acceptors (Lipinski definition) is 3. The van der Waals surface area contributed by atoms with Gasteiger partial charge in [0.25, 0.3) is 0 Å². The van der Waals surface area contributed by atoms with E-state index in [2.05, 4.69) is 43.0 Å². The number of para-hydroxylation sites is 1. The summed E-state index contributed by atoms with van der Waals surface area (Å²) in [6.07, 6.45) is 1.81. The van der Waals surface area contributed by atoms with Crippen LogP contribution in [0.4, 0.5) is 0 Å². The number of benzene rings is 4. The molecule has 4 aromatic rings. The lowest BCUT2D eigenvalue weighted by Gasteiger charge is -2.45. The van der Waals surface area contributed by atoms with Gasteiger partial charge in [-0.25, -0.2) is 0 Å². The molecule has 0 bridgehead atoms. The Morgan fingerprint density at radius 2 is 1.24 bits per heavy atom. The predicted molar refractivity (Wildman–Crippen MR) is 146 cm³/mol. The van der Waals surface area contributed by atoms with Crippen molar-refractivity contribution in [3.8, 4) is 5.75 Å². The zero-order chi connectivity index (χ0) is 25.5. The highest BCUT2D eigenvalue weighted by molar-refractivity contribution is 5.83. The average molecular weight is 490 g/mol. The highest BCUT2D eigenvalue weighted by atomic mass is 16.5. The van der Waals surface area contributed by atoms with E-state index in [0.717, 1.165) is 22.4 Å². The Bertz CT molecular complexity index is 1200. The van der Waals surface area contributed by atoms with Gasteiger partial charge in [-0.05, 0) is 28.8 Å². The Hall–Kier alpha value is -4.15. The lowest BCUT2D eigenvalue weighted by atomic mass is 9.80. The fraction of sp³-hybridized carbons (Fsp3) is 0.182. The quantitative estimate of drug-likeness (QED) is 0.142. The van der Waals surface area contributed by atoms with Gasteiger partial charge >= 0.3 is 0 Å². The summed E-state index contributed by atoms with van der Waals surface area (Å²) in [4.78, 5) is 14.3. The van der Waals surface area contributed by atoms with E-state index >= 15 is 0 Å². The predicted octanol–water partition coefficient (Wildman–Crippen LogP) is 6.23. The van der Waals surface area contributed by atoms with E-state index in [4.69, 9.17) is 9.47 Å². The second kappa shape index (κ2) is 11.3. The Kier molecular flexibility index (Phi) is 7.48. The first-order chi connectivity index (χ1) is 18.2. The van der Waals surface area contributed by atoms with Crippen LogP contribution in [-0.4, -0.2) is 36.1 Å². The molecule has 0 aromatic heterocycles. The van der Waals surface area contributed by atoms with Crippen molar-refractivity contribution in [1.29, 1.82) is 0 Å². The molecule has 1 aliphatic heterocycles. The van der Waals surface area contributed by atoms with Gasteiger partial charge in [-0.1, -0.05) is 115 Å². The first-order valence-electron chi connectivity index (χ1n) is 12.6. The van der Waals surface area contributed by atoms with Crippen molar-refractivity contribution in [2.45, 2.75) is 24.2 Å². The van der Waals surface area contributed by atoms with Crippen LogP contribution < -0.4 is 4.74 Å². The fourth-order valence-electron chi connectivity index (χ4n) is 5.06. The second-order valence-corrected chi connectivity index (χ2v) is 9.17. The first-order valence-corrected chi connectivity index (χ1v) is 12.6. The molecule has 0 unspecified atom stereocenters. The van der Waals surface area contributed by atoms with Gasteiger partial charge in [0.1, 0.15) is 17.5 Å². The topological polar surface area (TPSA) is 38.8 Å². The van der Waals surface area contributed by atoms with E-state index in [0.29, 0.717) is 13.0 Å². The lowest BCUT2D eigenvalue weighted by Crippen LogP contribution is -2.61. The summed E-state index contributed by atoms with van der Waals surface area (Å²) in [5, 5.41) is 0. The van der Waals surface area contributed by atoms with Gasteiger partial charge in [-0.3, -0.25) is 4.79 Å². The van der Waals surface area contributed by atoms with Crippen LogP contribution >= 0.6 is 0 Å². The molecule has 1 fully saturated rings. The van der Waals surface area contributed by atoms with Gasteiger partial charge < -0.3 is 14.4 Å². The van der Waals surface area contributed by atoms with Gasteiger partial charge in [-0.15, -0.1) is 6.58 Å². The van der Waals surface area contributed by atoms with Crippen LogP contribution in [0.3, 0.4) is 0 Å². The smallest absolute Gasteiger partial charge is 0.225 e. The normalized spacial score (nSPS) is 16.1. The zero-order valence-corrected chi connectivity index (χ0v) is 20.8. The number of hydrogen-bond donors (Lipinski definition) is 0. The second-order valence-electron chi connectivity index (χ2n) is 9.17. The summed E-state index contributed by atoms with van der Waals surface area (Å²) in [5.74, 6) is 0.853. The molecular formula is C33H31NO3. The van der Waals surface area contributed by atoms with Crippen molar-refractivity contribution < 1.29 is 14.3 Å². The van der Waals surface area contributed by atoms with Gasteiger partial charge in [0, 0.05) is 6.54 Å². The van der Waals surface area contributed by atoms with E-state index in [1.165, 1.54) is 0 Å². The molecule has 1 aliphatic rings. The molecule has 0 radical (unpaired) electrons. The Balaban J connectivity index is 1.56. The van der Waals surface area contributed by atoms with Crippen molar-refractivity contribution >= 4 is 5.91 Å². The molecule has 0 aliphatic carbocycles. The molecule has 5 rings (SSSR count). The van der Waals surface area contributed by atoms with Crippen LogP contribution in [0, 0.1) is 0 Å². The summed E-state index contributed by atoms with van der Waals surface area (Å²) in [7, 11) is 0. The highest BCUT2D eigenvalue weighted by Gasteiger charge is 2.45. The maximum atomic E-state index is 12.4. The summed E-state index contributed by atoms with van der Waals surface area (Å²) in [6.45, 7) is 4.60. The number of nitrogens with zero attached hydrogens (tertiary/aromatic N) is 1. The van der Waals surface area contributed by atoms with Crippen LogP contribution in [0.1, 0.15) is 23.1 Å². The van der Waals surface area contributed by atoms with Crippen LogP contribution in [0.25, 0.3) is 0 Å². The minimum Gasteiger partial charge on any atom is -0.486 e. The molecule has 4 heteroatoms. The van der Waals surface area contributed by atoms with E-state index < -0.39 is 5.60 Å². The van der Waals surface area contributed by atoms with E-state index in [1.807, 2.05) is 89.8 Å².